The molecule has 8 heteroatoms. The summed E-state index contributed by atoms with van der Waals surface area (Å²) in [5, 5.41) is 7.71. The fourth-order valence-electron chi connectivity index (χ4n) is 1.93. The van der Waals surface area contributed by atoms with Gasteiger partial charge in [-0.1, -0.05) is 5.21 Å². The predicted molar refractivity (Wildman–Crippen MR) is 66.2 cm³/mol. The summed E-state index contributed by atoms with van der Waals surface area (Å²) in [6.45, 7) is 0.928. The van der Waals surface area contributed by atoms with Crippen molar-refractivity contribution in [1.82, 2.24) is 24.9 Å². The first kappa shape index (κ1) is 12.5. The molecule has 0 aromatic carbocycles. The lowest BCUT2D eigenvalue weighted by molar-refractivity contribution is -0.126. The molecule has 1 aliphatic rings. The van der Waals surface area contributed by atoms with E-state index in [-0.39, 0.29) is 11.9 Å². The van der Waals surface area contributed by atoms with E-state index >= 15 is 0 Å². The number of aromatic nitrogens is 4. The smallest absolute Gasteiger partial charge is 0.209 e. The second-order valence-electron chi connectivity index (χ2n) is 4.58. The van der Waals surface area contributed by atoms with Gasteiger partial charge in [0, 0.05) is 13.1 Å². The Morgan fingerprint density at radius 2 is 2.25 bits per heavy atom. The van der Waals surface area contributed by atoms with Gasteiger partial charge in [-0.2, -0.15) is 0 Å². The molecule has 0 atom stereocenters. The molecular weight excluding hydrogens is 265 g/mol. The van der Waals surface area contributed by atoms with Crippen molar-refractivity contribution < 1.29 is 13.9 Å². The number of nitrogens with zero attached hydrogens (tertiary/aromatic N) is 5. The monoisotopic (exact) mass is 277 g/mol. The number of hydrogen-bond acceptors (Lipinski definition) is 5. The van der Waals surface area contributed by atoms with Crippen molar-refractivity contribution in [2.45, 2.75) is 6.10 Å². The summed E-state index contributed by atoms with van der Waals surface area (Å²) in [6, 6.07) is 1.49. The highest BCUT2D eigenvalue weighted by Gasteiger charge is 2.28. The molecule has 0 spiro atoms. The second-order valence-corrected chi connectivity index (χ2v) is 4.58. The van der Waals surface area contributed by atoms with Gasteiger partial charge in [0.15, 0.2) is 11.6 Å². The van der Waals surface area contributed by atoms with E-state index in [1.807, 2.05) is 0 Å². The fraction of sp³-hybridized carbons (Fsp3) is 0.333. The van der Waals surface area contributed by atoms with Crippen LogP contribution in [0.25, 0.3) is 11.4 Å². The van der Waals surface area contributed by atoms with Crippen LogP contribution in [-0.4, -0.2) is 50.5 Å². The van der Waals surface area contributed by atoms with E-state index in [1.165, 1.54) is 10.7 Å². The molecule has 20 heavy (non-hydrogen) atoms. The van der Waals surface area contributed by atoms with E-state index in [0.717, 1.165) is 12.6 Å². The van der Waals surface area contributed by atoms with Crippen molar-refractivity contribution in [1.29, 1.82) is 0 Å². The minimum absolute atomic E-state index is 0.108. The lowest BCUT2D eigenvalue weighted by Crippen LogP contribution is -2.52. The number of amides is 1. The summed E-state index contributed by atoms with van der Waals surface area (Å²) in [5.74, 6) is -0.432. The SMILES string of the molecule is Cn1cc(-c2cc(OC3CN(C=O)C3)c(F)cn2)nn1. The van der Waals surface area contributed by atoms with Gasteiger partial charge in [-0.25, -0.2) is 4.39 Å². The van der Waals surface area contributed by atoms with Gasteiger partial charge in [0.2, 0.25) is 6.41 Å². The first-order chi connectivity index (χ1) is 9.65. The highest BCUT2D eigenvalue weighted by Crippen LogP contribution is 2.25. The van der Waals surface area contributed by atoms with Gasteiger partial charge in [-0.3, -0.25) is 14.5 Å². The average Bonchev–Trinajstić information content (AvgIpc) is 2.82. The van der Waals surface area contributed by atoms with E-state index in [4.69, 9.17) is 4.74 Å². The Morgan fingerprint density at radius 1 is 1.45 bits per heavy atom. The topological polar surface area (TPSA) is 73.1 Å². The van der Waals surface area contributed by atoms with Crippen LogP contribution in [0.5, 0.6) is 5.75 Å². The van der Waals surface area contributed by atoms with E-state index in [1.54, 1.807) is 18.1 Å². The molecule has 1 aliphatic heterocycles. The highest BCUT2D eigenvalue weighted by molar-refractivity contribution is 5.54. The molecule has 104 valence electrons. The maximum absolute atomic E-state index is 13.7. The highest BCUT2D eigenvalue weighted by atomic mass is 19.1. The summed E-state index contributed by atoms with van der Waals surface area (Å²) in [4.78, 5) is 16.0. The van der Waals surface area contributed by atoms with E-state index < -0.39 is 5.82 Å². The van der Waals surface area contributed by atoms with Crippen molar-refractivity contribution in [3.05, 3.63) is 24.3 Å². The third-order valence-electron chi connectivity index (χ3n) is 3.00. The quantitative estimate of drug-likeness (QED) is 0.748. The Balaban J connectivity index is 1.79. The summed E-state index contributed by atoms with van der Waals surface area (Å²) in [6.07, 6.45) is 3.33. The number of aryl methyl sites for hydroxylation is 1. The number of ether oxygens (including phenoxy) is 1. The number of pyridine rings is 1. The number of carbonyl (C=O) groups excluding carboxylic acids is 1. The van der Waals surface area contributed by atoms with Crippen molar-refractivity contribution in [2.75, 3.05) is 13.1 Å². The largest absolute Gasteiger partial charge is 0.484 e. The van der Waals surface area contributed by atoms with Gasteiger partial charge in [-0.15, -0.1) is 5.10 Å². The summed E-state index contributed by atoms with van der Waals surface area (Å²) in [5.41, 5.74) is 1.03. The molecule has 1 saturated heterocycles. The van der Waals surface area contributed by atoms with Crippen molar-refractivity contribution in [3.8, 4) is 17.1 Å². The van der Waals surface area contributed by atoms with Crippen LogP contribution in [0.3, 0.4) is 0 Å². The standard InChI is InChI=1S/C12H12FN5O2/c1-17-6-11(15-16-17)10-2-12(9(13)3-14-10)20-8-4-18(5-8)7-19/h2-3,6-8H,4-5H2,1H3. The lowest BCUT2D eigenvalue weighted by Gasteiger charge is -2.36. The van der Waals surface area contributed by atoms with Crippen LogP contribution in [-0.2, 0) is 11.8 Å². The summed E-state index contributed by atoms with van der Waals surface area (Å²) < 4.78 is 20.7. The normalized spacial score (nSPS) is 15.0. The van der Waals surface area contributed by atoms with Gasteiger partial charge in [-0.05, 0) is 0 Å². The van der Waals surface area contributed by atoms with Gasteiger partial charge in [0.05, 0.1) is 31.2 Å². The second kappa shape index (κ2) is 4.87. The number of likely N-dealkylation sites (tertiary alicyclic amines) is 1. The number of rotatable bonds is 4. The Hall–Kier alpha value is -2.51. The van der Waals surface area contributed by atoms with Gasteiger partial charge in [0.25, 0.3) is 0 Å². The van der Waals surface area contributed by atoms with Crippen LogP contribution in [0.4, 0.5) is 4.39 Å². The zero-order chi connectivity index (χ0) is 14.1. The van der Waals surface area contributed by atoms with Crippen LogP contribution in [0, 0.1) is 5.82 Å². The first-order valence-electron chi connectivity index (χ1n) is 6.04. The van der Waals surface area contributed by atoms with Gasteiger partial charge in [0.1, 0.15) is 11.8 Å². The lowest BCUT2D eigenvalue weighted by atomic mass is 10.2. The fourth-order valence-corrected chi connectivity index (χ4v) is 1.93. The molecule has 0 radical (unpaired) electrons. The Morgan fingerprint density at radius 3 is 2.90 bits per heavy atom. The molecule has 0 unspecified atom stereocenters. The molecule has 2 aromatic heterocycles. The maximum atomic E-state index is 13.7. The van der Waals surface area contributed by atoms with Crippen molar-refractivity contribution >= 4 is 6.41 Å². The van der Waals surface area contributed by atoms with Crippen LogP contribution in [0.2, 0.25) is 0 Å². The maximum Gasteiger partial charge on any atom is 0.209 e. The van der Waals surface area contributed by atoms with E-state index in [9.17, 15) is 9.18 Å². The van der Waals surface area contributed by atoms with Gasteiger partial charge < -0.3 is 9.64 Å². The Labute approximate surface area is 114 Å². The zero-order valence-corrected chi connectivity index (χ0v) is 10.7. The Kier molecular flexibility index (Phi) is 3.05. The third kappa shape index (κ3) is 2.31. The van der Waals surface area contributed by atoms with Gasteiger partial charge >= 0.3 is 0 Å². The molecule has 0 saturated carbocycles. The van der Waals surface area contributed by atoms with Crippen LogP contribution < -0.4 is 4.74 Å². The average molecular weight is 277 g/mol. The van der Waals surface area contributed by atoms with Crippen LogP contribution in [0.1, 0.15) is 0 Å². The minimum atomic E-state index is -0.540. The minimum Gasteiger partial charge on any atom is -0.484 e. The molecule has 0 aliphatic carbocycles. The van der Waals surface area contributed by atoms with Crippen LogP contribution >= 0.6 is 0 Å². The van der Waals surface area contributed by atoms with Crippen LogP contribution in [0.15, 0.2) is 18.5 Å². The molecular formula is C12H12FN5O2. The Bertz CT molecular complexity index is 639. The molecule has 3 rings (SSSR count). The molecule has 7 nitrogen and oxygen atoms in total. The predicted octanol–water partition coefficient (Wildman–Crippen LogP) is 0.236. The number of carbonyl (C=O) groups is 1. The van der Waals surface area contributed by atoms with Crippen molar-refractivity contribution in [2.24, 2.45) is 7.05 Å². The molecule has 3 heterocycles. The third-order valence-corrected chi connectivity index (χ3v) is 3.00. The summed E-state index contributed by atoms with van der Waals surface area (Å²) in [7, 11) is 1.74. The molecule has 0 N–H and O–H groups in total. The van der Waals surface area contributed by atoms with E-state index in [2.05, 4.69) is 15.3 Å². The molecule has 1 amide bonds. The number of hydrogen-bond donors (Lipinski definition) is 0. The summed E-state index contributed by atoms with van der Waals surface area (Å²) >= 11 is 0. The van der Waals surface area contributed by atoms with Crippen molar-refractivity contribution in [3.63, 3.8) is 0 Å². The van der Waals surface area contributed by atoms with E-state index in [0.29, 0.717) is 24.5 Å². The number of halogens is 1. The first-order valence-corrected chi connectivity index (χ1v) is 6.04. The zero-order valence-electron chi connectivity index (χ0n) is 10.7. The molecule has 0 bridgehead atoms. The molecule has 1 fully saturated rings. The molecule has 2 aromatic rings.